The van der Waals surface area contributed by atoms with Gasteiger partial charge < -0.3 is 10.6 Å². The Morgan fingerprint density at radius 3 is 2.05 bits per heavy atom. The Hall–Kier alpha value is -2.76. The van der Waals surface area contributed by atoms with Crippen molar-refractivity contribution in [2.45, 2.75) is 13.3 Å². The van der Waals surface area contributed by atoms with Crippen LogP contribution in [0.15, 0.2) is 42.5 Å². The Balaban J connectivity index is 1.89. The van der Waals surface area contributed by atoms with Crippen LogP contribution >= 0.6 is 0 Å². The number of aryl methyl sites for hydroxylation is 1. The highest BCUT2D eigenvalue weighted by molar-refractivity contribution is 6.08. The molecule has 0 atom stereocenters. The van der Waals surface area contributed by atoms with Crippen molar-refractivity contribution in [1.29, 1.82) is 0 Å². The van der Waals surface area contributed by atoms with Crippen LogP contribution in [0, 0.1) is 18.6 Å². The van der Waals surface area contributed by atoms with Crippen molar-refractivity contribution >= 4 is 23.2 Å². The first-order chi connectivity index (χ1) is 10.4. The van der Waals surface area contributed by atoms with Gasteiger partial charge in [-0.1, -0.05) is 6.07 Å². The summed E-state index contributed by atoms with van der Waals surface area (Å²) in [4.78, 5) is 23.4. The number of hydrogen-bond acceptors (Lipinski definition) is 2. The number of carbonyl (C=O) groups is 2. The Morgan fingerprint density at radius 1 is 0.909 bits per heavy atom. The Kier molecular flexibility index (Phi) is 4.83. The predicted octanol–water partition coefficient (Wildman–Crippen LogP) is 3.24. The van der Waals surface area contributed by atoms with E-state index in [1.54, 1.807) is 13.0 Å². The highest BCUT2D eigenvalue weighted by Gasteiger charge is 2.11. The molecule has 2 rings (SSSR count). The number of carbonyl (C=O) groups excluding carboxylic acids is 2. The third-order valence-corrected chi connectivity index (χ3v) is 2.90. The maximum absolute atomic E-state index is 13.4. The molecule has 4 nitrogen and oxygen atoms in total. The molecule has 2 amide bonds. The number of rotatable bonds is 4. The van der Waals surface area contributed by atoms with Crippen LogP contribution in [-0.4, -0.2) is 11.8 Å². The van der Waals surface area contributed by atoms with Gasteiger partial charge in [-0.15, -0.1) is 0 Å². The first kappa shape index (κ1) is 15.6. The van der Waals surface area contributed by atoms with E-state index in [0.29, 0.717) is 11.3 Å². The summed E-state index contributed by atoms with van der Waals surface area (Å²) < 4.78 is 26.1. The Bertz CT molecular complexity index is 700. The van der Waals surface area contributed by atoms with E-state index in [-0.39, 0.29) is 5.69 Å². The molecule has 0 bridgehead atoms. The van der Waals surface area contributed by atoms with E-state index in [4.69, 9.17) is 0 Å². The molecule has 2 N–H and O–H groups in total. The van der Waals surface area contributed by atoms with E-state index in [1.807, 2.05) is 0 Å². The van der Waals surface area contributed by atoms with Crippen molar-refractivity contribution in [2.24, 2.45) is 0 Å². The van der Waals surface area contributed by atoms with E-state index >= 15 is 0 Å². The fourth-order valence-corrected chi connectivity index (χ4v) is 1.76. The molecule has 0 spiro atoms. The Labute approximate surface area is 126 Å². The molecule has 0 unspecified atom stereocenters. The second-order valence-corrected chi connectivity index (χ2v) is 4.74. The van der Waals surface area contributed by atoms with Gasteiger partial charge in [-0.05, 0) is 48.9 Å². The zero-order valence-corrected chi connectivity index (χ0v) is 11.8. The van der Waals surface area contributed by atoms with E-state index in [9.17, 15) is 18.4 Å². The van der Waals surface area contributed by atoms with Crippen LogP contribution in [0.2, 0.25) is 0 Å². The topological polar surface area (TPSA) is 58.2 Å². The minimum absolute atomic E-state index is 0.280. The second-order valence-electron chi connectivity index (χ2n) is 4.74. The number of anilines is 2. The van der Waals surface area contributed by atoms with Gasteiger partial charge in [0.2, 0.25) is 11.8 Å². The minimum Gasteiger partial charge on any atom is -0.326 e. The summed E-state index contributed by atoms with van der Waals surface area (Å²) in [5, 5.41) is 4.90. The minimum atomic E-state index is -0.567. The molecule has 2 aromatic carbocycles. The first-order valence-corrected chi connectivity index (χ1v) is 6.55. The molecule has 0 heterocycles. The van der Waals surface area contributed by atoms with Crippen LogP contribution in [0.25, 0.3) is 0 Å². The van der Waals surface area contributed by atoms with Crippen LogP contribution in [0.4, 0.5) is 20.2 Å². The summed E-state index contributed by atoms with van der Waals surface area (Å²) in [5.74, 6) is -1.97. The maximum Gasteiger partial charge on any atom is 0.233 e. The molecule has 0 radical (unpaired) electrons. The van der Waals surface area contributed by atoms with E-state index < -0.39 is 29.9 Å². The summed E-state index contributed by atoms with van der Waals surface area (Å²) in [5.41, 5.74) is 1.13. The van der Waals surface area contributed by atoms with Gasteiger partial charge in [0.1, 0.15) is 18.1 Å². The SMILES string of the molecule is Cc1ccc(NC(=O)CC(=O)Nc2ccc(F)cc2)cc1F. The number of amides is 2. The lowest BCUT2D eigenvalue weighted by molar-refractivity contribution is -0.123. The number of halogens is 2. The van der Waals surface area contributed by atoms with E-state index in [1.165, 1.54) is 36.4 Å². The average molecular weight is 304 g/mol. The lowest BCUT2D eigenvalue weighted by Gasteiger charge is -2.07. The lowest BCUT2D eigenvalue weighted by Crippen LogP contribution is -2.21. The van der Waals surface area contributed by atoms with Crippen LogP contribution in [-0.2, 0) is 9.59 Å². The zero-order valence-electron chi connectivity index (χ0n) is 11.8. The highest BCUT2D eigenvalue weighted by Crippen LogP contribution is 2.14. The second kappa shape index (κ2) is 6.80. The van der Waals surface area contributed by atoms with E-state index in [2.05, 4.69) is 10.6 Å². The normalized spacial score (nSPS) is 10.1. The largest absolute Gasteiger partial charge is 0.326 e. The van der Waals surface area contributed by atoms with Crippen molar-refractivity contribution in [3.8, 4) is 0 Å². The van der Waals surface area contributed by atoms with Gasteiger partial charge in [-0.3, -0.25) is 9.59 Å². The van der Waals surface area contributed by atoms with Gasteiger partial charge in [0.15, 0.2) is 0 Å². The molecule has 0 aliphatic heterocycles. The standard InChI is InChI=1S/C16H14F2N2O2/c1-10-2-5-13(8-14(10)18)20-16(22)9-15(21)19-12-6-3-11(17)4-7-12/h2-8H,9H2,1H3,(H,19,21)(H,20,22). The Morgan fingerprint density at radius 2 is 1.45 bits per heavy atom. The summed E-state index contributed by atoms with van der Waals surface area (Å²) in [6.07, 6.45) is -0.424. The predicted molar refractivity (Wildman–Crippen MR) is 79.4 cm³/mol. The van der Waals surface area contributed by atoms with Gasteiger partial charge in [0.05, 0.1) is 0 Å². The quantitative estimate of drug-likeness (QED) is 0.852. The van der Waals surface area contributed by atoms with Crippen molar-refractivity contribution in [2.75, 3.05) is 10.6 Å². The molecule has 6 heteroatoms. The van der Waals surface area contributed by atoms with Crippen LogP contribution in [0.3, 0.4) is 0 Å². The van der Waals surface area contributed by atoms with Crippen molar-refractivity contribution in [3.63, 3.8) is 0 Å². The van der Waals surface area contributed by atoms with E-state index in [0.717, 1.165) is 0 Å². The molecule has 114 valence electrons. The molecule has 0 aliphatic carbocycles. The fourth-order valence-electron chi connectivity index (χ4n) is 1.76. The van der Waals surface area contributed by atoms with Gasteiger partial charge in [-0.25, -0.2) is 8.78 Å². The van der Waals surface area contributed by atoms with Crippen LogP contribution < -0.4 is 10.6 Å². The first-order valence-electron chi connectivity index (χ1n) is 6.55. The summed E-state index contributed by atoms with van der Waals surface area (Å²) in [6.45, 7) is 1.61. The zero-order chi connectivity index (χ0) is 16.1. The molecule has 2 aromatic rings. The van der Waals surface area contributed by atoms with Crippen LogP contribution in [0.5, 0.6) is 0 Å². The van der Waals surface area contributed by atoms with Gasteiger partial charge in [-0.2, -0.15) is 0 Å². The molecule has 0 saturated heterocycles. The van der Waals surface area contributed by atoms with Crippen molar-refractivity contribution < 1.29 is 18.4 Å². The van der Waals surface area contributed by atoms with Crippen LogP contribution in [0.1, 0.15) is 12.0 Å². The summed E-state index contributed by atoms with van der Waals surface area (Å²) in [7, 11) is 0. The molecule has 0 aromatic heterocycles. The average Bonchev–Trinajstić information content (AvgIpc) is 2.45. The number of nitrogens with one attached hydrogen (secondary N) is 2. The van der Waals surface area contributed by atoms with Gasteiger partial charge in [0.25, 0.3) is 0 Å². The molecular formula is C16H14F2N2O2. The molecule has 0 fully saturated rings. The number of benzene rings is 2. The summed E-state index contributed by atoms with van der Waals surface area (Å²) >= 11 is 0. The summed E-state index contributed by atoms with van der Waals surface area (Å²) in [6, 6.07) is 9.44. The number of hydrogen-bond donors (Lipinski definition) is 2. The lowest BCUT2D eigenvalue weighted by atomic mass is 10.2. The molecule has 0 saturated carbocycles. The highest BCUT2D eigenvalue weighted by atomic mass is 19.1. The molecular weight excluding hydrogens is 290 g/mol. The third-order valence-electron chi connectivity index (χ3n) is 2.90. The monoisotopic (exact) mass is 304 g/mol. The van der Waals surface area contributed by atoms with Crippen molar-refractivity contribution in [1.82, 2.24) is 0 Å². The fraction of sp³-hybridized carbons (Fsp3) is 0.125. The van der Waals surface area contributed by atoms with Crippen molar-refractivity contribution in [3.05, 3.63) is 59.7 Å². The maximum atomic E-state index is 13.4. The third kappa shape index (κ3) is 4.37. The smallest absolute Gasteiger partial charge is 0.233 e. The molecule has 0 aliphatic rings. The van der Waals surface area contributed by atoms with Gasteiger partial charge in [0, 0.05) is 11.4 Å². The van der Waals surface area contributed by atoms with Gasteiger partial charge >= 0.3 is 0 Å². The molecule has 22 heavy (non-hydrogen) atoms.